The predicted molar refractivity (Wildman–Crippen MR) is 62.6 cm³/mol. The van der Waals surface area contributed by atoms with Gasteiger partial charge >= 0.3 is 5.97 Å². The molecule has 0 heterocycles. The first-order chi connectivity index (χ1) is 7.75. The summed E-state index contributed by atoms with van der Waals surface area (Å²) < 4.78 is 0. The van der Waals surface area contributed by atoms with Gasteiger partial charge in [0.2, 0.25) is 0 Å². The van der Waals surface area contributed by atoms with E-state index in [4.69, 9.17) is 5.11 Å². The van der Waals surface area contributed by atoms with Gasteiger partial charge in [-0.2, -0.15) is 0 Å². The molecule has 0 fully saturated rings. The Labute approximate surface area is 93.5 Å². The molecule has 1 atom stereocenters. The first-order valence-electron chi connectivity index (χ1n) is 5.48. The van der Waals surface area contributed by atoms with Crippen LogP contribution in [0.15, 0.2) is 36.4 Å². The van der Waals surface area contributed by atoms with E-state index in [1.54, 1.807) is 0 Å². The van der Waals surface area contributed by atoms with Crippen LogP contribution in [0.25, 0.3) is 10.8 Å². The number of carboxylic acid groups (broad SMARTS) is 1. The Kier molecular flexibility index (Phi) is 1.96. The molecule has 0 aromatic heterocycles. The lowest BCUT2D eigenvalue weighted by molar-refractivity contribution is -0.137. The van der Waals surface area contributed by atoms with Crippen molar-refractivity contribution < 1.29 is 9.90 Å². The standard InChI is InChI=1S/C14H12O2/c15-13(16)8-11-7-10-5-1-3-9-4-2-6-12(11)14(9)10/h1-6,11H,7-8H2,(H,15,16)/t11-/m1/s1. The molecule has 1 aliphatic rings. The highest BCUT2D eigenvalue weighted by Crippen LogP contribution is 2.39. The van der Waals surface area contributed by atoms with Gasteiger partial charge in [0, 0.05) is 0 Å². The van der Waals surface area contributed by atoms with Crippen LogP contribution >= 0.6 is 0 Å². The van der Waals surface area contributed by atoms with Crippen LogP contribution in [0.3, 0.4) is 0 Å². The maximum atomic E-state index is 10.8. The summed E-state index contributed by atoms with van der Waals surface area (Å²) in [5.74, 6) is -0.562. The summed E-state index contributed by atoms with van der Waals surface area (Å²) in [7, 11) is 0. The molecule has 80 valence electrons. The second-order valence-electron chi connectivity index (χ2n) is 4.36. The van der Waals surface area contributed by atoms with Crippen LogP contribution in [0.4, 0.5) is 0 Å². The fourth-order valence-electron chi connectivity index (χ4n) is 2.73. The van der Waals surface area contributed by atoms with Crippen molar-refractivity contribution in [3.05, 3.63) is 47.5 Å². The minimum absolute atomic E-state index is 0.151. The highest BCUT2D eigenvalue weighted by atomic mass is 16.4. The maximum absolute atomic E-state index is 10.8. The van der Waals surface area contributed by atoms with Crippen molar-refractivity contribution in [3.8, 4) is 0 Å². The van der Waals surface area contributed by atoms with Gasteiger partial charge in [0.15, 0.2) is 0 Å². The van der Waals surface area contributed by atoms with Gasteiger partial charge in [-0.05, 0) is 34.2 Å². The molecule has 0 unspecified atom stereocenters. The Hall–Kier alpha value is -1.83. The van der Waals surface area contributed by atoms with E-state index in [1.807, 2.05) is 12.1 Å². The van der Waals surface area contributed by atoms with Crippen molar-refractivity contribution >= 4 is 16.7 Å². The average molecular weight is 212 g/mol. The smallest absolute Gasteiger partial charge is 0.303 e. The molecule has 2 nitrogen and oxygen atoms in total. The van der Waals surface area contributed by atoms with E-state index in [0.29, 0.717) is 0 Å². The molecule has 1 N–H and O–H groups in total. The quantitative estimate of drug-likeness (QED) is 0.831. The summed E-state index contributed by atoms with van der Waals surface area (Å²) in [5.41, 5.74) is 2.50. The van der Waals surface area contributed by atoms with Crippen molar-refractivity contribution in [1.29, 1.82) is 0 Å². The topological polar surface area (TPSA) is 37.3 Å². The number of hydrogen-bond acceptors (Lipinski definition) is 1. The minimum Gasteiger partial charge on any atom is -0.481 e. The SMILES string of the molecule is O=C(O)C[C@H]1Cc2cccc3cccc1c23. The van der Waals surface area contributed by atoms with E-state index < -0.39 is 5.97 Å². The number of aliphatic carboxylic acids is 1. The monoisotopic (exact) mass is 212 g/mol. The van der Waals surface area contributed by atoms with E-state index in [0.717, 1.165) is 6.42 Å². The van der Waals surface area contributed by atoms with Crippen LogP contribution in [0.5, 0.6) is 0 Å². The van der Waals surface area contributed by atoms with Crippen molar-refractivity contribution in [2.45, 2.75) is 18.8 Å². The largest absolute Gasteiger partial charge is 0.481 e. The molecule has 2 heteroatoms. The Morgan fingerprint density at radius 3 is 2.75 bits per heavy atom. The van der Waals surface area contributed by atoms with Crippen LogP contribution in [0.1, 0.15) is 23.5 Å². The molecule has 0 radical (unpaired) electrons. The minimum atomic E-state index is -0.713. The second kappa shape index (κ2) is 3.34. The molecule has 0 aliphatic heterocycles. The zero-order valence-corrected chi connectivity index (χ0v) is 8.81. The third-order valence-corrected chi connectivity index (χ3v) is 3.35. The normalized spacial score (nSPS) is 17.9. The van der Waals surface area contributed by atoms with Crippen LogP contribution in [0, 0.1) is 0 Å². The lowest BCUT2D eigenvalue weighted by Gasteiger charge is -2.07. The van der Waals surface area contributed by atoms with Gasteiger partial charge in [0.05, 0.1) is 6.42 Å². The van der Waals surface area contributed by atoms with E-state index in [9.17, 15) is 4.79 Å². The summed E-state index contributed by atoms with van der Waals surface area (Å²) in [6.45, 7) is 0. The third-order valence-electron chi connectivity index (χ3n) is 3.35. The van der Waals surface area contributed by atoms with Crippen LogP contribution < -0.4 is 0 Å². The lowest BCUT2D eigenvalue weighted by atomic mass is 9.97. The van der Waals surface area contributed by atoms with Gasteiger partial charge in [-0.1, -0.05) is 36.4 Å². The Morgan fingerprint density at radius 2 is 2.00 bits per heavy atom. The van der Waals surface area contributed by atoms with Gasteiger partial charge in [0.1, 0.15) is 0 Å². The lowest BCUT2D eigenvalue weighted by Crippen LogP contribution is -2.04. The van der Waals surface area contributed by atoms with E-state index in [2.05, 4.69) is 24.3 Å². The molecule has 16 heavy (non-hydrogen) atoms. The van der Waals surface area contributed by atoms with Gasteiger partial charge < -0.3 is 5.11 Å². The van der Waals surface area contributed by atoms with E-state index in [-0.39, 0.29) is 12.3 Å². The van der Waals surface area contributed by atoms with Gasteiger partial charge in [-0.15, -0.1) is 0 Å². The number of rotatable bonds is 2. The number of benzene rings is 2. The molecule has 1 aliphatic carbocycles. The summed E-state index contributed by atoms with van der Waals surface area (Å²) in [5, 5.41) is 11.4. The van der Waals surface area contributed by atoms with Gasteiger partial charge in [-0.25, -0.2) is 0 Å². The fourth-order valence-corrected chi connectivity index (χ4v) is 2.73. The summed E-state index contributed by atoms with van der Waals surface area (Å²) in [6, 6.07) is 12.4. The summed E-state index contributed by atoms with van der Waals surface area (Å²) >= 11 is 0. The molecule has 0 spiro atoms. The van der Waals surface area contributed by atoms with Crippen molar-refractivity contribution in [2.24, 2.45) is 0 Å². The Morgan fingerprint density at radius 1 is 1.25 bits per heavy atom. The van der Waals surface area contributed by atoms with Crippen LogP contribution in [0.2, 0.25) is 0 Å². The third kappa shape index (κ3) is 1.30. The molecule has 3 rings (SSSR count). The number of carbonyl (C=O) groups is 1. The highest BCUT2D eigenvalue weighted by Gasteiger charge is 2.25. The van der Waals surface area contributed by atoms with E-state index >= 15 is 0 Å². The summed E-state index contributed by atoms with van der Waals surface area (Å²) in [4.78, 5) is 10.8. The zero-order valence-electron chi connectivity index (χ0n) is 8.81. The average Bonchev–Trinajstić information content (AvgIpc) is 2.59. The molecular weight excluding hydrogens is 200 g/mol. The fraction of sp³-hybridized carbons (Fsp3) is 0.214. The first kappa shape index (κ1) is 9.40. The molecule has 2 aromatic rings. The number of hydrogen-bond donors (Lipinski definition) is 1. The number of carboxylic acids is 1. The van der Waals surface area contributed by atoms with Gasteiger partial charge in [0.25, 0.3) is 0 Å². The molecular formula is C14H12O2. The van der Waals surface area contributed by atoms with Gasteiger partial charge in [-0.3, -0.25) is 4.79 Å². The highest BCUT2D eigenvalue weighted by molar-refractivity contribution is 5.92. The molecule has 0 bridgehead atoms. The zero-order chi connectivity index (χ0) is 11.1. The maximum Gasteiger partial charge on any atom is 0.303 e. The molecule has 0 saturated heterocycles. The predicted octanol–water partition coefficient (Wildman–Crippen LogP) is 2.95. The molecule has 0 amide bonds. The molecule has 2 aromatic carbocycles. The second-order valence-corrected chi connectivity index (χ2v) is 4.36. The van der Waals surface area contributed by atoms with Crippen molar-refractivity contribution in [3.63, 3.8) is 0 Å². The first-order valence-corrected chi connectivity index (χ1v) is 5.48. The Bertz CT molecular complexity index is 567. The van der Waals surface area contributed by atoms with E-state index in [1.165, 1.54) is 21.9 Å². The molecule has 0 saturated carbocycles. The Balaban J connectivity index is 2.17. The van der Waals surface area contributed by atoms with Crippen LogP contribution in [-0.4, -0.2) is 11.1 Å². The van der Waals surface area contributed by atoms with Crippen LogP contribution in [-0.2, 0) is 11.2 Å². The van der Waals surface area contributed by atoms with Crippen molar-refractivity contribution in [2.75, 3.05) is 0 Å². The summed E-state index contributed by atoms with van der Waals surface area (Å²) in [6.07, 6.45) is 1.09. The van der Waals surface area contributed by atoms with Crippen molar-refractivity contribution in [1.82, 2.24) is 0 Å².